The maximum absolute atomic E-state index is 9.95. The van der Waals surface area contributed by atoms with E-state index in [1.807, 2.05) is 0 Å². The Bertz CT molecular complexity index is 142. The molecule has 0 radical (unpaired) electrons. The Balaban J connectivity index is 4.07. The van der Waals surface area contributed by atoms with Crippen LogP contribution < -0.4 is 0 Å². The molecule has 3 unspecified atom stereocenters. The fraction of sp³-hybridized carbons (Fsp3) is 0.833. The Hall–Kier alpha value is -0.140. The van der Waals surface area contributed by atoms with Gasteiger partial charge in [-0.1, -0.05) is 0 Å². The molecule has 0 rings (SSSR count). The molecule has 0 aliphatic carbocycles. The van der Waals surface area contributed by atoms with E-state index in [9.17, 15) is 4.79 Å². The molecule has 0 aromatic heterocycles. The summed E-state index contributed by atoms with van der Waals surface area (Å²) in [7, 11) is 0. The largest absolute Gasteiger partial charge is 0.395 e. The predicted molar refractivity (Wildman–Crippen MR) is 43.9 cm³/mol. The van der Waals surface area contributed by atoms with Crippen molar-refractivity contribution in [1.82, 2.24) is 0 Å². The van der Waals surface area contributed by atoms with Crippen molar-refractivity contribution in [2.75, 3.05) is 6.61 Å². The molecule has 0 aromatic carbocycles. The molecule has 0 fully saturated rings. The molecule has 72 valence electrons. The van der Waals surface area contributed by atoms with Gasteiger partial charge in [0.2, 0.25) is 0 Å². The van der Waals surface area contributed by atoms with E-state index in [4.69, 9.17) is 20.4 Å². The number of aliphatic hydroxyl groups excluding tert-OH is 4. The Kier molecular flexibility index (Phi) is 5.43. The van der Waals surface area contributed by atoms with Crippen LogP contribution >= 0.6 is 12.6 Å². The molecule has 6 heteroatoms. The first-order valence-corrected chi connectivity index (χ1v) is 3.84. The molecule has 4 N–H and O–H groups in total. The van der Waals surface area contributed by atoms with Gasteiger partial charge in [0, 0.05) is 0 Å². The highest BCUT2D eigenvalue weighted by Gasteiger charge is 2.28. The minimum atomic E-state index is -1.65. The highest BCUT2D eigenvalue weighted by atomic mass is 32.1. The molecule has 0 spiro atoms. The Morgan fingerprint density at radius 3 is 2.08 bits per heavy atom. The quantitative estimate of drug-likeness (QED) is 0.248. The average molecular weight is 196 g/mol. The summed E-state index contributed by atoms with van der Waals surface area (Å²) in [5.74, 6) is 0. The molecular weight excluding hydrogens is 184 g/mol. The molecule has 0 aliphatic rings. The van der Waals surface area contributed by atoms with Crippen LogP contribution in [-0.4, -0.2) is 56.9 Å². The monoisotopic (exact) mass is 196 g/mol. The minimum Gasteiger partial charge on any atom is -0.395 e. The van der Waals surface area contributed by atoms with E-state index in [0.717, 1.165) is 0 Å². The smallest absolute Gasteiger partial charge is 0.151 e. The van der Waals surface area contributed by atoms with Crippen LogP contribution in [0.4, 0.5) is 0 Å². The van der Waals surface area contributed by atoms with E-state index in [1.165, 1.54) is 0 Å². The van der Waals surface area contributed by atoms with Crippen LogP contribution in [0.3, 0.4) is 0 Å². The van der Waals surface area contributed by atoms with Crippen LogP contribution in [0.15, 0.2) is 0 Å². The van der Waals surface area contributed by atoms with Gasteiger partial charge in [0.25, 0.3) is 0 Å². The summed E-state index contributed by atoms with van der Waals surface area (Å²) in [5, 5.41) is 34.4. The van der Waals surface area contributed by atoms with Crippen LogP contribution in [0.5, 0.6) is 0 Å². The van der Waals surface area contributed by atoms with E-state index in [2.05, 4.69) is 12.6 Å². The molecule has 0 saturated carbocycles. The summed E-state index contributed by atoms with van der Waals surface area (Å²) >= 11 is 3.71. The minimum absolute atomic E-state index is 0.103. The molecule has 0 heterocycles. The first-order chi connectivity index (χ1) is 5.54. The van der Waals surface area contributed by atoms with Crippen molar-refractivity contribution in [3.63, 3.8) is 0 Å². The van der Waals surface area contributed by atoms with Crippen LogP contribution in [0.1, 0.15) is 0 Å². The van der Waals surface area contributed by atoms with Gasteiger partial charge in [0.15, 0.2) is 6.29 Å². The number of thiol groups is 1. The average Bonchev–Trinajstić information content (AvgIpc) is 2.12. The lowest BCUT2D eigenvalue weighted by atomic mass is 10.1. The van der Waals surface area contributed by atoms with Crippen molar-refractivity contribution in [2.24, 2.45) is 0 Å². The third-order valence-electron chi connectivity index (χ3n) is 1.42. The van der Waals surface area contributed by atoms with Gasteiger partial charge in [0.1, 0.15) is 12.2 Å². The van der Waals surface area contributed by atoms with Gasteiger partial charge in [-0.3, -0.25) is 0 Å². The van der Waals surface area contributed by atoms with E-state index in [1.54, 1.807) is 0 Å². The van der Waals surface area contributed by atoms with Gasteiger partial charge >= 0.3 is 0 Å². The topological polar surface area (TPSA) is 98.0 Å². The molecule has 5 nitrogen and oxygen atoms in total. The number of aldehydes is 1. The van der Waals surface area contributed by atoms with Crippen LogP contribution in [0, 0.1) is 0 Å². The van der Waals surface area contributed by atoms with Gasteiger partial charge in [-0.25, -0.2) is 0 Å². The summed E-state index contributed by atoms with van der Waals surface area (Å²) < 4.78 is 0. The second-order valence-corrected chi connectivity index (χ2v) is 3.02. The van der Waals surface area contributed by atoms with E-state index >= 15 is 0 Å². The second-order valence-electron chi connectivity index (χ2n) is 2.36. The summed E-state index contributed by atoms with van der Waals surface area (Å²) in [6.45, 7) is -0.451. The first-order valence-electron chi connectivity index (χ1n) is 3.33. The van der Waals surface area contributed by atoms with Crippen molar-refractivity contribution in [3.05, 3.63) is 0 Å². The first kappa shape index (κ1) is 11.9. The number of hydrogen-bond donors (Lipinski definition) is 5. The molecule has 0 aliphatic heterocycles. The highest BCUT2D eigenvalue weighted by molar-refractivity contribution is 7.81. The normalized spacial score (nSPS) is 21.1. The molecule has 0 amide bonds. The maximum Gasteiger partial charge on any atom is 0.151 e. The summed E-state index contributed by atoms with van der Waals surface area (Å²) in [6, 6.07) is 0. The standard InChI is InChI=1S/C6H12O5S/c7-1-3(9)5(10)6(11)4(12)2-8/h1,3-6,8-12H,2H2/t3?,4?,5-,6?/m1/s1. The van der Waals surface area contributed by atoms with Gasteiger partial charge in [0.05, 0.1) is 18.0 Å². The number of hydrogen-bond acceptors (Lipinski definition) is 6. The maximum atomic E-state index is 9.95. The van der Waals surface area contributed by atoms with Crippen molar-refractivity contribution < 1.29 is 25.2 Å². The van der Waals surface area contributed by atoms with Gasteiger partial charge in [-0.2, -0.15) is 12.6 Å². The van der Waals surface area contributed by atoms with Crippen molar-refractivity contribution in [3.8, 4) is 0 Å². The number of carbonyl (C=O) groups is 1. The van der Waals surface area contributed by atoms with Crippen molar-refractivity contribution in [2.45, 2.75) is 23.6 Å². The van der Waals surface area contributed by atoms with E-state index < -0.39 is 30.2 Å². The zero-order chi connectivity index (χ0) is 9.72. The molecule has 4 atom stereocenters. The Labute approximate surface area is 75.1 Å². The van der Waals surface area contributed by atoms with E-state index in [0.29, 0.717) is 0 Å². The number of carbonyl (C=O) groups excluding carboxylic acids is 1. The van der Waals surface area contributed by atoms with Gasteiger partial charge in [-0.15, -0.1) is 0 Å². The van der Waals surface area contributed by atoms with Gasteiger partial charge in [-0.05, 0) is 0 Å². The highest BCUT2D eigenvalue weighted by Crippen LogP contribution is 2.08. The van der Waals surface area contributed by atoms with Crippen LogP contribution in [0.25, 0.3) is 0 Å². The summed E-state index contributed by atoms with van der Waals surface area (Å²) in [5.41, 5.74) is 0. The zero-order valence-electron chi connectivity index (χ0n) is 6.24. The van der Waals surface area contributed by atoms with Crippen molar-refractivity contribution >= 4 is 18.9 Å². The summed E-state index contributed by atoms with van der Waals surface area (Å²) in [6.07, 6.45) is -4.59. The zero-order valence-corrected chi connectivity index (χ0v) is 7.13. The SMILES string of the molecule is O=CC(O)[C@@H](O)C(O)C(S)CO. The Morgan fingerprint density at radius 2 is 1.75 bits per heavy atom. The predicted octanol–water partition coefficient (Wildman–Crippen LogP) is -2.44. The van der Waals surface area contributed by atoms with Crippen LogP contribution in [-0.2, 0) is 4.79 Å². The third-order valence-corrected chi connectivity index (χ3v) is 1.89. The van der Waals surface area contributed by atoms with E-state index in [-0.39, 0.29) is 6.29 Å². The van der Waals surface area contributed by atoms with Gasteiger partial charge < -0.3 is 25.2 Å². The van der Waals surface area contributed by atoms with Crippen LogP contribution in [0.2, 0.25) is 0 Å². The lowest BCUT2D eigenvalue weighted by Crippen LogP contribution is -2.44. The molecule has 12 heavy (non-hydrogen) atoms. The van der Waals surface area contributed by atoms with Crippen molar-refractivity contribution in [1.29, 1.82) is 0 Å². The fourth-order valence-corrected chi connectivity index (χ4v) is 0.794. The molecule has 0 saturated heterocycles. The molecular formula is C6H12O5S. The number of rotatable bonds is 5. The fourth-order valence-electron chi connectivity index (χ4n) is 0.618. The molecule has 0 aromatic rings. The molecule has 0 bridgehead atoms. The second kappa shape index (κ2) is 5.50. The Morgan fingerprint density at radius 1 is 1.25 bits per heavy atom. The third kappa shape index (κ3) is 3.08. The number of aliphatic hydroxyl groups is 4. The lowest BCUT2D eigenvalue weighted by molar-refractivity contribution is -0.126. The summed E-state index contributed by atoms with van der Waals surface area (Å²) in [4.78, 5) is 9.95. The lowest BCUT2D eigenvalue weighted by Gasteiger charge is -2.22.